The van der Waals surface area contributed by atoms with Crippen LogP contribution in [0, 0.1) is 15.4 Å². The maximum absolute atomic E-state index is 12.1. The van der Waals surface area contributed by atoms with Crippen molar-refractivity contribution >= 4 is 40.3 Å². The highest BCUT2D eigenvalue weighted by atomic mass is 127. The zero-order valence-electron chi connectivity index (χ0n) is 10.5. The molecule has 2 amide bonds. The van der Waals surface area contributed by atoms with Gasteiger partial charge in [-0.25, -0.2) is 4.79 Å². The molecule has 1 aromatic rings. The standard InChI is InChI=1S/C13H15IN2O3/c1-8-6-16(7-11(8)12(17)18)13(19)15-10-4-2-3-9(14)5-10/h2-5,8,11H,6-7H2,1H3,(H,15,19)(H,17,18)/t8-,11-/m1/s1. The third-order valence-electron chi connectivity index (χ3n) is 3.29. The Morgan fingerprint density at radius 1 is 1.42 bits per heavy atom. The van der Waals surface area contributed by atoms with Gasteiger partial charge in [0.2, 0.25) is 0 Å². The van der Waals surface area contributed by atoms with E-state index in [1.54, 1.807) is 4.90 Å². The largest absolute Gasteiger partial charge is 0.481 e. The second-order valence-electron chi connectivity index (χ2n) is 4.77. The molecule has 0 spiro atoms. The zero-order chi connectivity index (χ0) is 14.0. The Morgan fingerprint density at radius 2 is 2.16 bits per heavy atom. The van der Waals surface area contributed by atoms with E-state index in [0.29, 0.717) is 6.54 Å². The van der Waals surface area contributed by atoms with E-state index in [9.17, 15) is 9.59 Å². The van der Waals surface area contributed by atoms with E-state index in [0.717, 1.165) is 9.26 Å². The molecule has 2 atom stereocenters. The van der Waals surface area contributed by atoms with E-state index in [1.807, 2.05) is 31.2 Å². The van der Waals surface area contributed by atoms with Crippen molar-refractivity contribution in [2.24, 2.45) is 11.8 Å². The molecule has 5 nitrogen and oxygen atoms in total. The first kappa shape index (κ1) is 14.1. The minimum absolute atomic E-state index is 0.0147. The van der Waals surface area contributed by atoms with Crippen LogP contribution in [0.25, 0.3) is 0 Å². The summed E-state index contributed by atoms with van der Waals surface area (Å²) in [7, 11) is 0. The van der Waals surface area contributed by atoms with Crippen molar-refractivity contribution in [3.63, 3.8) is 0 Å². The molecule has 19 heavy (non-hydrogen) atoms. The lowest BCUT2D eigenvalue weighted by Crippen LogP contribution is -2.33. The number of benzene rings is 1. The number of carboxylic acid groups (broad SMARTS) is 1. The fourth-order valence-corrected chi connectivity index (χ4v) is 2.77. The normalized spacial score (nSPS) is 22.3. The van der Waals surface area contributed by atoms with Gasteiger partial charge in [0.1, 0.15) is 0 Å². The molecule has 0 saturated carbocycles. The Bertz CT molecular complexity index is 506. The molecule has 1 aliphatic heterocycles. The third kappa shape index (κ3) is 3.37. The molecule has 2 rings (SSSR count). The quantitative estimate of drug-likeness (QED) is 0.782. The van der Waals surface area contributed by atoms with Gasteiger partial charge in [0.15, 0.2) is 0 Å². The van der Waals surface area contributed by atoms with Crippen molar-refractivity contribution < 1.29 is 14.7 Å². The summed E-state index contributed by atoms with van der Waals surface area (Å²) in [6.07, 6.45) is 0. The summed E-state index contributed by atoms with van der Waals surface area (Å²) in [5.74, 6) is -1.32. The van der Waals surface area contributed by atoms with E-state index in [-0.39, 0.29) is 18.5 Å². The highest BCUT2D eigenvalue weighted by molar-refractivity contribution is 14.1. The fourth-order valence-electron chi connectivity index (χ4n) is 2.22. The summed E-state index contributed by atoms with van der Waals surface area (Å²) in [5, 5.41) is 11.8. The average molecular weight is 374 g/mol. The molecule has 102 valence electrons. The lowest BCUT2D eigenvalue weighted by molar-refractivity contribution is -0.142. The van der Waals surface area contributed by atoms with Crippen LogP contribution in [-0.2, 0) is 4.79 Å². The molecule has 0 aromatic heterocycles. The number of nitrogens with one attached hydrogen (secondary N) is 1. The Labute approximate surface area is 125 Å². The molecule has 1 aliphatic rings. The highest BCUT2D eigenvalue weighted by Gasteiger charge is 2.36. The minimum Gasteiger partial charge on any atom is -0.481 e. The van der Waals surface area contributed by atoms with Crippen LogP contribution in [0.1, 0.15) is 6.92 Å². The second kappa shape index (κ2) is 5.77. The van der Waals surface area contributed by atoms with Gasteiger partial charge in [0, 0.05) is 22.3 Å². The number of hydrogen-bond acceptors (Lipinski definition) is 2. The predicted octanol–water partition coefficient (Wildman–Crippen LogP) is 2.48. The number of carboxylic acids is 1. The van der Waals surface area contributed by atoms with Crippen molar-refractivity contribution in [2.45, 2.75) is 6.92 Å². The molecule has 0 bridgehead atoms. The van der Waals surface area contributed by atoms with Gasteiger partial charge >= 0.3 is 12.0 Å². The SMILES string of the molecule is C[C@@H]1CN(C(=O)Nc2cccc(I)c2)C[C@H]1C(=O)O. The lowest BCUT2D eigenvalue weighted by Gasteiger charge is -2.17. The topological polar surface area (TPSA) is 69.6 Å². The van der Waals surface area contributed by atoms with Crippen LogP contribution >= 0.6 is 22.6 Å². The molecule has 0 unspecified atom stereocenters. The van der Waals surface area contributed by atoms with Crippen molar-refractivity contribution in [2.75, 3.05) is 18.4 Å². The number of hydrogen-bond donors (Lipinski definition) is 2. The van der Waals surface area contributed by atoms with Gasteiger partial charge in [-0.15, -0.1) is 0 Å². The first-order valence-electron chi connectivity index (χ1n) is 6.01. The van der Waals surface area contributed by atoms with Crippen LogP contribution in [-0.4, -0.2) is 35.1 Å². The van der Waals surface area contributed by atoms with Crippen molar-refractivity contribution in [1.82, 2.24) is 4.90 Å². The van der Waals surface area contributed by atoms with Gasteiger partial charge in [-0.1, -0.05) is 13.0 Å². The Morgan fingerprint density at radius 3 is 2.74 bits per heavy atom. The van der Waals surface area contributed by atoms with Crippen molar-refractivity contribution in [3.8, 4) is 0 Å². The number of likely N-dealkylation sites (tertiary alicyclic amines) is 1. The zero-order valence-corrected chi connectivity index (χ0v) is 12.6. The van der Waals surface area contributed by atoms with E-state index in [1.165, 1.54) is 0 Å². The van der Waals surface area contributed by atoms with Crippen LogP contribution in [0.2, 0.25) is 0 Å². The number of halogens is 1. The number of carbonyl (C=O) groups is 2. The number of anilines is 1. The molecule has 1 saturated heterocycles. The number of rotatable bonds is 2. The van der Waals surface area contributed by atoms with Gasteiger partial charge in [-0.2, -0.15) is 0 Å². The van der Waals surface area contributed by atoms with Crippen molar-refractivity contribution in [3.05, 3.63) is 27.8 Å². The number of aliphatic carboxylic acids is 1. The average Bonchev–Trinajstić information content (AvgIpc) is 2.71. The number of carbonyl (C=O) groups excluding carboxylic acids is 1. The van der Waals surface area contributed by atoms with Gasteiger partial charge in [-0.05, 0) is 46.7 Å². The van der Waals surface area contributed by atoms with Crippen LogP contribution in [0.5, 0.6) is 0 Å². The molecule has 0 aliphatic carbocycles. The molecular weight excluding hydrogens is 359 g/mol. The van der Waals surface area contributed by atoms with Gasteiger partial charge in [0.25, 0.3) is 0 Å². The number of nitrogens with zero attached hydrogens (tertiary/aromatic N) is 1. The second-order valence-corrected chi connectivity index (χ2v) is 6.01. The predicted molar refractivity (Wildman–Crippen MR) is 80.0 cm³/mol. The van der Waals surface area contributed by atoms with Gasteiger partial charge < -0.3 is 15.3 Å². The summed E-state index contributed by atoms with van der Waals surface area (Å²) in [4.78, 5) is 24.6. The third-order valence-corrected chi connectivity index (χ3v) is 3.96. The van der Waals surface area contributed by atoms with E-state index in [4.69, 9.17) is 5.11 Å². The van der Waals surface area contributed by atoms with E-state index in [2.05, 4.69) is 27.9 Å². The fraction of sp³-hybridized carbons (Fsp3) is 0.385. The van der Waals surface area contributed by atoms with Crippen molar-refractivity contribution in [1.29, 1.82) is 0 Å². The van der Waals surface area contributed by atoms with Crippen LogP contribution in [0.15, 0.2) is 24.3 Å². The summed E-state index contributed by atoms with van der Waals surface area (Å²) < 4.78 is 1.04. The molecule has 0 radical (unpaired) electrons. The van der Waals surface area contributed by atoms with E-state index >= 15 is 0 Å². The van der Waals surface area contributed by atoms with Gasteiger partial charge in [-0.3, -0.25) is 4.79 Å². The molecule has 2 N–H and O–H groups in total. The first-order chi connectivity index (χ1) is 8.97. The molecule has 6 heteroatoms. The Kier molecular flexibility index (Phi) is 4.28. The molecule has 1 aromatic carbocycles. The van der Waals surface area contributed by atoms with Gasteiger partial charge in [0.05, 0.1) is 5.92 Å². The number of urea groups is 1. The minimum atomic E-state index is -0.836. The number of amides is 2. The summed E-state index contributed by atoms with van der Waals surface area (Å²) in [5.41, 5.74) is 0.725. The first-order valence-corrected chi connectivity index (χ1v) is 7.09. The highest BCUT2D eigenvalue weighted by Crippen LogP contribution is 2.24. The lowest BCUT2D eigenvalue weighted by atomic mass is 9.99. The Balaban J connectivity index is 2.00. The van der Waals surface area contributed by atoms with Crippen LogP contribution < -0.4 is 5.32 Å². The maximum atomic E-state index is 12.1. The molecular formula is C13H15IN2O3. The summed E-state index contributed by atoms with van der Waals surface area (Å²) >= 11 is 2.17. The summed E-state index contributed by atoms with van der Waals surface area (Å²) in [6.45, 7) is 2.61. The monoisotopic (exact) mass is 374 g/mol. The van der Waals surface area contributed by atoms with Crippen LogP contribution in [0.3, 0.4) is 0 Å². The molecule has 1 fully saturated rings. The Hall–Kier alpha value is -1.31. The van der Waals surface area contributed by atoms with E-state index < -0.39 is 11.9 Å². The van der Waals surface area contributed by atoms with Crippen LogP contribution in [0.4, 0.5) is 10.5 Å². The molecule has 1 heterocycles. The maximum Gasteiger partial charge on any atom is 0.321 e. The summed E-state index contributed by atoms with van der Waals surface area (Å²) in [6, 6.07) is 7.25. The smallest absolute Gasteiger partial charge is 0.321 e.